The largest absolute Gasteiger partial charge is 0.256 e. The van der Waals surface area contributed by atoms with Gasteiger partial charge in [-0.25, -0.2) is 0 Å². The highest BCUT2D eigenvalue weighted by Gasteiger charge is 2.12. The molecule has 0 bridgehead atoms. The van der Waals surface area contributed by atoms with Crippen molar-refractivity contribution in [2.75, 3.05) is 0 Å². The molecule has 0 atom stereocenters. The molecule has 1 aliphatic carbocycles. The Morgan fingerprint density at radius 3 is 2.50 bits per heavy atom. The average molecular weight is 237 g/mol. The number of rotatable bonds is 1. The minimum absolute atomic E-state index is 1.13. The lowest BCUT2D eigenvalue weighted by Gasteiger charge is -2.16. The second-order valence-corrected chi connectivity index (χ2v) is 5.36. The van der Waals surface area contributed by atoms with E-state index in [4.69, 9.17) is 0 Å². The third-order valence-electron chi connectivity index (χ3n) is 3.88. The Bertz CT molecular complexity index is 584. The summed E-state index contributed by atoms with van der Waals surface area (Å²) in [5.41, 5.74) is 8.00. The normalized spacial score (nSPS) is 14.3. The third-order valence-corrected chi connectivity index (χ3v) is 3.88. The van der Waals surface area contributed by atoms with E-state index in [0.29, 0.717) is 0 Å². The second-order valence-electron chi connectivity index (χ2n) is 5.36. The Morgan fingerprint density at radius 1 is 0.944 bits per heavy atom. The predicted octanol–water partition coefficient (Wildman–Crippen LogP) is 4.24. The van der Waals surface area contributed by atoms with Crippen LogP contribution in [0.1, 0.15) is 35.1 Å². The molecule has 0 spiro atoms. The number of pyridine rings is 1. The smallest absolute Gasteiger partial charge is 0.0707 e. The van der Waals surface area contributed by atoms with Crippen molar-refractivity contribution >= 4 is 0 Å². The number of nitrogens with zero attached hydrogens (tertiary/aromatic N) is 1. The van der Waals surface area contributed by atoms with Crippen molar-refractivity contribution in [1.82, 2.24) is 4.98 Å². The topological polar surface area (TPSA) is 12.9 Å². The van der Waals surface area contributed by atoms with Gasteiger partial charge >= 0.3 is 0 Å². The van der Waals surface area contributed by atoms with Crippen LogP contribution in [0, 0.1) is 13.8 Å². The van der Waals surface area contributed by atoms with E-state index in [-0.39, 0.29) is 0 Å². The fourth-order valence-electron chi connectivity index (χ4n) is 2.86. The van der Waals surface area contributed by atoms with Crippen LogP contribution in [0.25, 0.3) is 11.3 Å². The van der Waals surface area contributed by atoms with Crippen molar-refractivity contribution in [3.05, 3.63) is 52.7 Å². The van der Waals surface area contributed by atoms with Crippen LogP contribution in [0.5, 0.6) is 0 Å². The molecule has 1 aromatic heterocycles. The maximum absolute atomic E-state index is 4.65. The van der Waals surface area contributed by atoms with Gasteiger partial charge in [-0.1, -0.05) is 23.8 Å². The number of aromatic nitrogens is 1. The van der Waals surface area contributed by atoms with Crippen molar-refractivity contribution < 1.29 is 0 Å². The Morgan fingerprint density at radius 2 is 1.72 bits per heavy atom. The summed E-state index contributed by atoms with van der Waals surface area (Å²) >= 11 is 0. The summed E-state index contributed by atoms with van der Waals surface area (Å²) in [6, 6.07) is 8.90. The number of benzene rings is 1. The van der Waals surface area contributed by atoms with Crippen LogP contribution in [0.15, 0.2) is 30.5 Å². The molecule has 1 aromatic carbocycles. The Kier molecular flexibility index (Phi) is 2.91. The summed E-state index contributed by atoms with van der Waals surface area (Å²) in [5, 5.41) is 0. The van der Waals surface area contributed by atoms with E-state index in [1.54, 1.807) is 0 Å². The Balaban J connectivity index is 2.06. The fourth-order valence-corrected chi connectivity index (χ4v) is 2.86. The first-order chi connectivity index (χ1) is 8.74. The summed E-state index contributed by atoms with van der Waals surface area (Å²) in [5.74, 6) is 0. The zero-order chi connectivity index (χ0) is 12.5. The lowest BCUT2D eigenvalue weighted by Crippen LogP contribution is -2.04. The number of aryl methyl sites for hydroxylation is 4. The van der Waals surface area contributed by atoms with Gasteiger partial charge in [-0.15, -0.1) is 0 Å². The maximum atomic E-state index is 4.65. The molecular weight excluding hydrogens is 218 g/mol. The van der Waals surface area contributed by atoms with E-state index in [1.807, 2.05) is 0 Å². The first kappa shape index (κ1) is 11.5. The van der Waals surface area contributed by atoms with E-state index in [0.717, 1.165) is 5.69 Å². The van der Waals surface area contributed by atoms with Crippen LogP contribution in [0.3, 0.4) is 0 Å². The highest BCUT2D eigenvalue weighted by Crippen LogP contribution is 2.27. The highest BCUT2D eigenvalue weighted by atomic mass is 14.7. The molecule has 0 fully saturated rings. The molecule has 0 saturated carbocycles. The van der Waals surface area contributed by atoms with Crippen LogP contribution in [-0.4, -0.2) is 4.98 Å². The Hall–Kier alpha value is -1.63. The standard InChI is InChI=1S/C17H19N/c1-12-7-8-16(13(2)9-12)17-10-14-5-3-4-6-15(14)11-18-17/h7-11H,3-6H2,1-2H3. The number of fused-ring (bicyclic) bond motifs is 1. The summed E-state index contributed by atoms with van der Waals surface area (Å²) in [6.07, 6.45) is 7.15. The van der Waals surface area contributed by atoms with Gasteiger partial charge < -0.3 is 0 Å². The molecule has 0 unspecified atom stereocenters. The molecule has 0 N–H and O–H groups in total. The van der Waals surface area contributed by atoms with Crippen molar-refractivity contribution in [2.45, 2.75) is 39.5 Å². The van der Waals surface area contributed by atoms with E-state index >= 15 is 0 Å². The summed E-state index contributed by atoms with van der Waals surface area (Å²) in [6.45, 7) is 4.31. The molecule has 1 heteroatoms. The molecule has 0 radical (unpaired) electrons. The van der Waals surface area contributed by atoms with E-state index in [2.05, 4.69) is 49.3 Å². The van der Waals surface area contributed by atoms with Crippen molar-refractivity contribution in [3.63, 3.8) is 0 Å². The predicted molar refractivity (Wildman–Crippen MR) is 75.8 cm³/mol. The molecule has 1 nitrogen and oxygen atoms in total. The monoisotopic (exact) mass is 237 g/mol. The Labute approximate surface area is 109 Å². The molecule has 2 aromatic rings. The summed E-state index contributed by atoms with van der Waals surface area (Å²) in [7, 11) is 0. The molecule has 1 aliphatic rings. The lowest BCUT2D eigenvalue weighted by molar-refractivity contribution is 0.682. The number of hydrogen-bond acceptors (Lipinski definition) is 1. The number of hydrogen-bond donors (Lipinski definition) is 0. The van der Waals surface area contributed by atoms with Crippen molar-refractivity contribution in [1.29, 1.82) is 0 Å². The van der Waals surface area contributed by atoms with Gasteiger partial charge in [-0.2, -0.15) is 0 Å². The zero-order valence-corrected chi connectivity index (χ0v) is 11.2. The molecule has 1 heterocycles. The minimum Gasteiger partial charge on any atom is -0.256 e. The second kappa shape index (κ2) is 4.56. The molecule has 3 rings (SSSR count). The third kappa shape index (κ3) is 2.05. The van der Waals surface area contributed by atoms with Crippen LogP contribution < -0.4 is 0 Å². The summed E-state index contributed by atoms with van der Waals surface area (Å²) < 4.78 is 0. The SMILES string of the molecule is Cc1ccc(-c2cc3c(cn2)CCCC3)c(C)c1. The fraction of sp³-hybridized carbons (Fsp3) is 0.353. The van der Waals surface area contributed by atoms with Gasteiger partial charge in [0.1, 0.15) is 0 Å². The van der Waals surface area contributed by atoms with Gasteiger partial charge in [0.2, 0.25) is 0 Å². The first-order valence-electron chi connectivity index (χ1n) is 6.79. The molecular formula is C17H19N. The van der Waals surface area contributed by atoms with E-state index in [1.165, 1.54) is 53.5 Å². The van der Waals surface area contributed by atoms with Gasteiger partial charge in [0.25, 0.3) is 0 Å². The summed E-state index contributed by atoms with van der Waals surface area (Å²) in [4.78, 5) is 4.65. The molecule has 92 valence electrons. The van der Waals surface area contributed by atoms with E-state index < -0.39 is 0 Å². The van der Waals surface area contributed by atoms with Crippen LogP contribution in [0.2, 0.25) is 0 Å². The van der Waals surface area contributed by atoms with Crippen molar-refractivity contribution in [3.8, 4) is 11.3 Å². The molecule has 18 heavy (non-hydrogen) atoms. The van der Waals surface area contributed by atoms with Gasteiger partial charge in [-0.3, -0.25) is 4.98 Å². The average Bonchev–Trinajstić information content (AvgIpc) is 2.38. The zero-order valence-electron chi connectivity index (χ0n) is 11.2. The first-order valence-corrected chi connectivity index (χ1v) is 6.79. The maximum Gasteiger partial charge on any atom is 0.0707 e. The molecule has 0 saturated heterocycles. The van der Waals surface area contributed by atoms with Gasteiger partial charge in [0.15, 0.2) is 0 Å². The lowest BCUT2D eigenvalue weighted by atomic mass is 9.91. The van der Waals surface area contributed by atoms with Crippen molar-refractivity contribution in [2.24, 2.45) is 0 Å². The van der Waals surface area contributed by atoms with Crippen LogP contribution >= 0.6 is 0 Å². The molecule has 0 aliphatic heterocycles. The quantitative estimate of drug-likeness (QED) is 0.722. The molecule has 0 amide bonds. The minimum atomic E-state index is 1.13. The van der Waals surface area contributed by atoms with Crippen LogP contribution in [0.4, 0.5) is 0 Å². The van der Waals surface area contributed by atoms with Gasteiger partial charge in [-0.05, 0) is 62.3 Å². The van der Waals surface area contributed by atoms with Gasteiger partial charge in [0.05, 0.1) is 5.69 Å². The van der Waals surface area contributed by atoms with Gasteiger partial charge in [0, 0.05) is 11.8 Å². The highest BCUT2D eigenvalue weighted by molar-refractivity contribution is 5.65. The van der Waals surface area contributed by atoms with E-state index in [9.17, 15) is 0 Å². The van der Waals surface area contributed by atoms with Crippen LogP contribution in [-0.2, 0) is 12.8 Å².